The van der Waals surface area contributed by atoms with Crippen molar-refractivity contribution in [3.05, 3.63) is 21.3 Å². The molecule has 0 aliphatic carbocycles. The molecule has 5 heteroatoms. The second-order valence-corrected chi connectivity index (χ2v) is 6.05. The highest BCUT2D eigenvalue weighted by Crippen LogP contribution is 2.30. The molecule has 0 radical (unpaired) electrons. The van der Waals surface area contributed by atoms with E-state index in [-0.39, 0.29) is 5.91 Å². The molecule has 3 heterocycles. The van der Waals surface area contributed by atoms with Crippen LogP contribution in [0.5, 0.6) is 0 Å². The fourth-order valence-electron chi connectivity index (χ4n) is 2.90. The topological polar surface area (TPSA) is 32.3 Å². The summed E-state index contributed by atoms with van der Waals surface area (Å²) in [7, 11) is 0. The first-order valence-corrected chi connectivity index (χ1v) is 7.28. The molecule has 3 nitrogen and oxygen atoms in total. The molecule has 2 saturated heterocycles. The van der Waals surface area contributed by atoms with E-state index in [9.17, 15) is 4.79 Å². The van der Waals surface area contributed by atoms with Gasteiger partial charge in [0, 0.05) is 25.7 Å². The summed E-state index contributed by atoms with van der Waals surface area (Å²) < 4.78 is 0. The maximum Gasteiger partial charge on any atom is 0.265 e. The number of fused-ring (bicyclic) bond motifs is 1. The zero-order valence-electron chi connectivity index (χ0n) is 9.49. The number of amides is 1. The molecule has 2 aliphatic rings. The molecule has 92 valence electrons. The fraction of sp³-hybridized carbons (Fsp3) is 0.583. The Morgan fingerprint density at radius 1 is 1.53 bits per heavy atom. The number of nitrogens with one attached hydrogen (secondary N) is 1. The maximum absolute atomic E-state index is 12.4. The smallest absolute Gasteiger partial charge is 0.265 e. The van der Waals surface area contributed by atoms with Gasteiger partial charge in [0.15, 0.2) is 0 Å². The monoisotopic (exact) mass is 270 g/mol. The van der Waals surface area contributed by atoms with E-state index in [0.29, 0.717) is 21.9 Å². The minimum Gasteiger partial charge on any atom is -0.333 e. The Balaban J connectivity index is 1.83. The lowest BCUT2D eigenvalue weighted by Gasteiger charge is -2.36. The third-order valence-corrected chi connectivity index (χ3v) is 5.08. The molecule has 1 aromatic heterocycles. The third-order valence-electron chi connectivity index (χ3n) is 3.75. The van der Waals surface area contributed by atoms with E-state index in [1.165, 1.54) is 17.8 Å². The van der Waals surface area contributed by atoms with E-state index < -0.39 is 0 Å². The summed E-state index contributed by atoms with van der Waals surface area (Å²) >= 11 is 7.49. The van der Waals surface area contributed by atoms with Crippen molar-refractivity contribution in [1.29, 1.82) is 0 Å². The van der Waals surface area contributed by atoms with E-state index >= 15 is 0 Å². The van der Waals surface area contributed by atoms with Crippen LogP contribution in [0.1, 0.15) is 22.5 Å². The van der Waals surface area contributed by atoms with Crippen LogP contribution < -0.4 is 5.32 Å². The average Bonchev–Trinajstić information content (AvgIpc) is 2.95. The van der Waals surface area contributed by atoms with Crippen LogP contribution in [0.2, 0.25) is 5.02 Å². The van der Waals surface area contributed by atoms with Gasteiger partial charge in [-0.3, -0.25) is 4.79 Å². The van der Waals surface area contributed by atoms with E-state index in [0.717, 1.165) is 26.1 Å². The first-order valence-electron chi connectivity index (χ1n) is 6.02. The Labute approximate surface area is 110 Å². The molecule has 1 N–H and O–H groups in total. The fourth-order valence-corrected chi connectivity index (χ4v) is 3.99. The van der Waals surface area contributed by atoms with Crippen LogP contribution in [0, 0.1) is 5.92 Å². The summed E-state index contributed by atoms with van der Waals surface area (Å²) in [6.07, 6.45) is 2.34. The molecular formula is C12H15ClN2OS. The Bertz CT molecular complexity index is 434. The van der Waals surface area contributed by atoms with E-state index in [1.54, 1.807) is 6.07 Å². The number of nitrogens with zero attached hydrogens (tertiary/aromatic N) is 1. The Morgan fingerprint density at radius 3 is 3.18 bits per heavy atom. The van der Waals surface area contributed by atoms with Gasteiger partial charge in [-0.25, -0.2) is 0 Å². The van der Waals surface area contributed by atoms with Gasteiger partial charge in [-0.15, -0.1) is 11.3 Å². The molecule has 2 aliphatic heterocycles. The highest BCUT2D eigenvalue weighted by molar-refractivity contribution is 7.12. The highest BCUT2D eigenvalue weighted by atomic mass is 35.5. The van der Waals surface area contributed by atoms with Crippen molar-refractivity contribution >= 4 is 28.8 Å². The maximum atomic E-state index is 12.4. The number of rotatable bonds is 1. The number of hydrogen-bond donors (Lipinski definition) is 1. The molecular weight excluding hydrogens is 256 g/mol. The van der Waals surface area contributed by atoms with E-state index in [2.05, 4.69) is 5.32 Å². The minimum absolute atomic E-state index is 0.114. The summed E-state index contributed by atoms with van der Waals surface area (Å²) in [5.74, 6) is 0.745. The molecule has 1 amide bonds. The summed E-state index contributed by atoms with van der Waals surface area (Å²) in [4.78, 5) is 15.2. The van der Waals surface area contributed by atoms with Gasteiger partial charge in [0.1, 0.15) is 4.88 Å². The molecule has 0 bridgehead atoms. The number of thiophene rings is 1. The third kappa shape index (κ3) is 1.98. The minimum atomic E-state index is 0.114. The van der Waals surface area contributed by atoms with Gasteiger partial charge < -0.3 is 10.2 Å². The SMILES string of the molecule is O=C(c1sccc1Cl)N1CCCC2CNCC21. The number of likely N-dealkylation sites (tertiary alicyclic amines) is 1. The van der Waals surface area contributed by atoms with Crippen LogP contribution in [0.4, 0.5) is 0 Å². The summed E-state index contributed by atoms with van der Waals surface area (Å²) in [6, 6.07) is 2.17. The first kappa shape index (κ1) is 11.5. The van der Waals surface area contributed by atoms with Crippen molar-refractivity contribution in [2.45, 2.75) is 18.9 Å². The zero-order chi connectivity index (χ0) is 11.8. The van der Waals surface area contributed by atoms with Crippen LogP contribution in [0.15, 0.2) is 11.4 Å². The highest BCUT2D eigenvalue weighted by Gasteiger charge is 2.38. The van der Waals surface area contributed by atoms with Crippen molar-refractivity contribution in [2.75, 3.05) is 19.6 Å². The van der Waals surface area contributed by atoms with Crippen LogP contribution in [0.25, 0.3) is 0 Å². The second-order valence-electron chi connectivity index (χ2n) is 4.72. The van der Waals surface area contributed by atoms with Crippen molar-refractivity contribution in [2.24, 2.45) is 5.92 Å². The van der Waals surface area contributed by atoms with Crippen molar-refractivity contribution in [1.82, 2.24) is 10.2 Å². The van der Waals surface area contributed by atoms with Crippen LogP contribution in [-0.2, 0) is 0 Å². The molecule has 0 saturated carbocycles. The molecule has 17 heavy (non-hydrogen) atoms. The number of piperidine rings is 1. The van der Waals surface area contributed by atoms with Crippen molar-refractivity contribution in [3.8, 4) is 0 Å². The number of carbonyl (C=O) groups excluding carboxylic acids is 1. The Kier molecular flexibility index (Phi) is 3.11. The molecule has 2 unspecified atom stereocenters. The summed E-state index contributed by atoms with van der Waals surface area (Å²) in [6.45, 7) is 2.85. The largest absolute Gasteiger partial charge is 0.333 e. The molecule has 0 aromatic carbocycles. The van der Waals surface area contributed by atoms with Gasteiger partial charge in [0.25, 0.3) is 5.91 Å². The number of carbonyl (C=O) groups is 1. The Hall–Kier alpha value is -0.580. The van der Waals surface area contributed by atoms with E-state index in [1.807, 2.05) is 10.3 Å². The van der Waals surface area contributed by atoms with Gasteiger partial charge in [-0.1, -0.05) is 11.6 Å². The predicted octanol–water partition coefficient (Wildman–Crippen LogP) is 2.23. The summed E-state index contributed by atoms with van der Waals surface area (Å²) in [5, 5.41) is 5.86. The molecule has 1 aromatic rings. The van der Waals surface area contributed by atoms with Gasteiger partial charge in [-0.2, -0.15) is 0 Å². The normalized spacial score (nSPS) is 28.2. The van der Waals surface area contributed by atoms with Crippen LogP contribution in [-0.4, -0.2) is 36.5 Å². The molecule has 3 rings (SSSR count). The van der Waals surface area contributed by atoms with Crippen molar-refractivity contribution in [3.63, 3.8) is 0 Å². The lowest BCUT2D eigenvalue weighted by atomic mass is 9.92. The van der Waals surface area contributed by atoms with Gasteiger partial charge in [0.05, 0.1) is 5.02 Å². The van der Waals surface area contributed by atoms with Crippen LogP contribution >= 0.6 is 22.9 Å². The summed E-state index contributed by atoms with van der Waals surface area (Å²) in [5.41, 5.74) is 0. The number of halogens is 1. The zero-order valence-corrected chi connectivity index (χ0v) is 11.1. The lowest BCUT2D eigenvalue weighted by Crippen LogP contribution is -2.48. The second kappa shape index (κ2) is 4.59. The number of hydrogen-bond acceptors (Lipinski definition) is 3. The van der Waals surface area contributed by atoms with Crippen LogP contribution in [0.3, 0.4) is 0 Å². The van der Waals surface area contributed by atoms with Crippen molar-refractivity contribution < 1.29 is 4.79 Å². The molecule has 0 spiro atoms. The predicted molar refractivity (Wildman–Crippen MR) is 69.7 cm³/mol. The lowest BCUT2D eigenvalue weighted by molar-refractivity contribution is 0.0580. The Morgan fingerprint density at radius 2 is 2.41 bits per heavy atom. The molecule has 2 fully saturated rings. The van der Waals surface area contributed by atoms with Gasteiger partial charge in [0.2, 0.25) is 0 Å². The standard InChI is InChI=1S/C12H15ClN2OS/c13-9-3-5-17-11(9)12(16)15-4-1-2-8-6-14-7-10(8)15/h3,5,8,10,14H,1-2,4,6-7H2. The molecule has 2 atom stereocenters. The first-order chi connectivity index (χ1) is 8.27. The van der Waals surface area contributed by atoms with Gasteiger partial charge >= 0.3 is 0 Å². The van der Waals surface area contributed by atoms with E-state index in [4.69, 9.17) is 11.6 Å². The average molecular weight is 271 g/mol. The van der Waals surface area contributed by atoms with Gasteiger partial charge in [-0.05, 0) is 30.2 Å². The quantitative estimate of drug-likeness (QED) is 0.849.